The number of aromatic amines is 1. The number of sulfonamides is 1. The molecule has 3 aromatic rings. The first-order valence-electron chi connectivity index (χ1n) is 11.1. The van der Waals surface area contributed by atoms with Crippen molar-refractivity contribution in [2.45, 2.75) is 38.5 Å². The summed E-state index contributed by atoms with van der Waals surface area (Å²) in [6.45, 7) is 8.22. The number of hydrogen-bond donors (Lipinski definition) is 1. The molecule has 168 valence electrons. The lowest BCUT2D eigenvalue weighted by Gasteiger charge is -2.35. The van der Waals surface area contributed by atoms with Gasteiger partial charge in [-0.25, -0.2) is 8.42 Å². The molecule has 0 radical (unpaired) electrons. The first-order chi connectivity index (χ1) is 15.2. The minimum Gasteiger partial charge on any atom is -0.369 e. The van der Waals surface area contributed by atoms with E-state index in [1.165, 1.54) is 0 Å². The number of carbonyl (C=O) groups is 1. The number of H-pyrrole nitrogens is 1. The van der Waals surface area contributed by atoms with Crippen molar-refractivity contribution in [3.63, 3.8) is 0 Å². The highest BCUT2D eigenvalue weighted by molar-refractivity contribution is 7.89. The molecule has 0 amide bonds. The van der Waals surface area contributed by atoms with Gasteiger partial charge in [0, 0.05) is 60.4 Å². The van der Waals surface area contributed by atoms with Crippen molar-refractivity contribution >= 4 is 32.4 Å². The molecule has 1 N–H and O–H groups in total. The topological polar surface area (TPSA) is 73.5 Å². The number of rotatable bonds is 3. The van der Waals surface area contributed by atoms with Crippen molar-refractivity contribution in [3.8, 4) is 0 Å². The quantitative estimate of drug-likeness (QED) is 0.650. The number of Topliss-reactive ketones (excluding diaryl/α,β-unsaturated/α-hetero) is 1. The van der Waals surface area contributed by atoms with Crippen LogP contribution in [-0.4, -0.2) is 49.7 Å². The average molecular weight is 452 g/mol. The van der Waals surface area contributed by atoms with Gasteiger partial charge in [-0.1, -0.05) is 32.0 Å². The summed E-state index contributed by atoms with van der Waals surface area (Å²) < 4.78 is 28.6. The lowest BCUT2D eigenvalue weighted by atomic mass is 9.76. The zero-order valence-electron chi connectivity index (χ0n) is 18.8. The molecule has 0 bridgehead atoms. The molecule has 1 aromatic heterocycles. The van der Waals surface area contributed by atoms with Crippen LogP contribution in [0.25, 0.3) is 10.9 Å². The van der Waals surface area contributed by atoms with E-state index in [-0.39, 0.29) is 11.2 Å². The molecular formula is C25H29N3O3S. The van der Waals surface area contributed by atoms with Crippen LogP contribution < -0.4 is 4.90 Å². The Labute approximate surface area is 189 Å². The third kappa shape index (κ3) is 3.53. The van der Waals surface area contributed by atoms with Crippen molar-refractivity contribution in [2.75, 3.05) is 31.1 Å². The van der Waals surface area contributed by atoms with Gasteiger partial charge in [-0.15, -0.1) is 0 Å². The summed E-state index contributed by atoms with van der Waals surface area (Å²) in [5.74, 6) is 0.134. The van der Waals surface area contributed by atoms with Gasteiger partial charge >= 0.3 is 0 Å². The smallest absolute Gasteiger partial charge is 0.243 e. The third-order valence-corrected chi connectivity index (χ3v) is 8.76. The van der Waals surface area contributed by atoms with Crippen LogP contribution in [0.5, 0.6) is 0 Å². The zero-order chi connectivity index (χ0) is 22.7. The summed E-state index contributed by atoms with van der Waals surface area (Å²) in [5.41, 5.74) is 4.10. The monoisotopic (exact) mass is 451 g/mol. The molecule has 1 fully saturated rings. The number of ketones is 1. The highest BCUT2D eigenvalue weighted by Crippen LogP contribution is 2.39. The van der Waals surface area contributed by atoms with Crippen LogP contribution >= 0.6 is 0 Å². The van der Waals surface area contributed by atoms with Crippen LogP contribution in [0.1, 0.15) is 41.9 Å². The summed E-state index contributed by atoms with van der Waals surface area (Å²) in [6, 6.07) is 13.7. The number of para-hydroxylation sites is 1. The predicted molar refractivity (Wildman–Crippen MR) is 127 cm³/mol. The molecule has 1 saturated heterocycles. The van der Waals surface area contributed by atoms with Gasteiger partial charge in [0.15, 0.2) is 5.78 Å². The number of aryl methyl sites for hydroxylation is 1. The van der Waals surface area contributed by atoms with E-state index in [0.717, 1.165) is 34.3 Å². The fourth-order valence-electron chi connectivity index (χ4n) is 5.14. The number of nitrogens with one attached hydrogen (secondary N) is 1. The van der Waals surface area contributed by atoms with Gasteiger partial charge in [-0.3, -0.25) is 4.79 Å². The standard InChI is InChI=1S/C25H29N3O3S/c1-17-13-19-20(26-21-15-25(2,3)16-22(29)24(19)21)14-23(17)32(30,31)28-11-9-27(10-12-28)18-7-5-4-6-8-18/h4-8,13-14,26H,9-12,15-16H2,1-3H3. The van der Waals surface area contributed by atoms with E-state index < -0.39 is 10.0 Å². The minimum atomic E-state index is -3.63. The highest BCUT2D eigenvalue weighted by Gasteiger charge is 2.35. The second-order valence-electron chi connectivity index (χ2n) is 9.81. The van der Waals surface area contributed by atoms with E-state index in [4.69, 9.17) is 0 Å². The number of nitrogens with zero attached hydrogens (tertiary/aromatic N) is 2. The molecule has 0 saturated carbocycles. The second kappa shape index (κ2) is 7.46. The van der Waals surface area contributed by atoms with E-state index in [1.807, 2.05) is 31.2 Å². The number of fused-ring (bicyclic) bond motifs is 3. The number of aromatic nitrogens is 1. The Balaban J connectivity index is 1.45. The Morgan fingerprint density at radius 2 is 1.66 bits per heavy atom. The van der Waals surface area contributed by atoms with Crippen molar-refractivity contribution in [1.82, 2.24) is 9.29 Å². The van der Waals surface area contributed by atoms with E-state index >= 15 is 0 Å². The fourth-order valence-corrected chi connectivity index (χ4v) is 6.80. The maximum Gasteiger partial charge on any atom is 0.243 e. The van der Waals surface area contributed by atoms with Gasteiger partial charge in [0.2, 0.25) is 10.0 Å². The van der Waals surface area contributed by atoms with Gasteiger partial charge in [0.25, 0.3) is 0 Å². The maximum atomic E-state index is 13.5. The lowest BCUT2D eigenvalue weighted by Crippen LogP contribution is -2.48. The molecule has 2 aromatic carbocycles. The normalized spacial score (nSPS) is 19.3. The van der Waals surface area contributed by atoms with E-state index in [2.05, 4.69) is 35.9 Å². The summed E-state index contributed by atoms with van der Waals surface area (Å²) in [4.78, 5) is 18.7. The Hall–Kier alpha value is -2.64. The largest absolute Gasteiger partial charge is 0.369 e. The van der Waals surface area contributed by atoms with Crippen molar-refractivity contribution in [3.05, 3.63) is 59.3 Å². The van der Waals surface area contributed by atoms with E-state index in [1.54, 1.807) is 10.4 Å². The van der Waals surface area contributed by atoms with Crippen molar-refractivity contribution in [2.24, 2.45) is 5.41 Å². The summed E-state index contributed by atoms with van der Waals surface area (Å²) >= 11 is 0. The Kier molecular flexibility index (Phi) is 4.94. The van der Waals surface area contributed by atoms with Crippen molar-refractivity contribution in [1.29, 1.82) is 0 Å². The first kappa shape index (κ1) is 21.2. The average Bonchev–Trinajstić information content (AvgIpc) is 3.09. The van der Waals surface area contributed by atoms with Crippen LogP contribution in [-0.2, 0) is 16.4 Å². The third-order valence-electron chi connectivity index (χ3n) is 6.72. The number of anilines is 1. The van der Waals surface area contributed by atoms with Crippen LogP contribution in [0.2, 0.25) is 0 Å². The van der Waals surface area contributed by atoms with Gasteiger partial charge < -0.3 is 9.88 Å². The van der Waals surface area contributed by atoms with Crippen LogP contribution in [0.4, 0.5) is 5.69 Å². The zero-order valence-corrected chi connectivity index (χ0v) is 19.6. The Morgan fingerprint density at radius 3 is 2.34 bits per heavy atom. The van der Waals surface area contributed by atoms with Crippen molar-refractivity contribution < 1.29 is 13.2 Å². The van der Waals surface area contributed by atoms with Crippen LogP contribution in [0.3, 0.4) is 0 Å². The number of hydrogen-bond acceptors (Lipinski definition) is 4. The van der Waals surface area contributed by atoms with Crippen LogP contribution in [0.15, 0.2) is 47.4 Å². The molecule has 2 aliphatic rings. The van der Waals surface area contributed by atoms with Crippen LogP contribution in [0, 0.1) is 12.3 Å². The summed E-state index contributed by atoms with van der Waals surface area (Å²) in [6.07, 6.45) is 1.29. The summed E-state index contributed by atoms with van der Waals surface area (Å²) in [7, 11) is -3.63. The molecule has 0 atom stereocenters. The lowest BCUT2D eigenvalue weighted by molar-refractivity contribution is 0.0913. The van der Waals surface area contributed by atoms with Gasteiger partial charge in [-0.05, 0) is 48.6 Å². The highest BCUT2D eigenvalue weighted by atomic mass is 32.2. The SMILES string of the molecule is Cc1cc2c3c([nH]c2cc1S(=O)(=O)N1CCN(c2ccccc2)CC1)CC(C)(C)CC3=O. The van der Waals surface area contributed by atoms with Gasteiger partial charge in [-0.2, -0.15) is 4.31 Å². The number of carbonyl (C=O) groups excluding carboxylic acids is 1. The summed E-state index contributed by atoms with van der Waals surface area (Å²) in [5, 5.41) is 0.839. The molecule has 0 spiro atoms. The molecule has 6 nitrogen and oxygen atoms in total. The molecule has 0 unspecified atom stereocenters. The molecular weight excluding hydrogens is 422 g/mol. The maximum absolute atomic E-state index is 13.5. The Bertz CT molecular complexity index is 1300. The molecule has 7 heteroatoms. The second-order valence-corrected chi connectivity index (χ2v) is 11.7. The first-order valence-corrected chi connectivity index (χ1v) is 12.6. The Morgan fingerprint density at radius 1 is 0.969 bits per heavy atom. The minimum absolute atomic E-state index is 0.0899. The molecule has 5 rings (SSSR count). The van der Waals surface area contributed by atoms with Gasteiger partial charge in [0.1, 0.15) is 0 Å². The van der Waals surface area contributed by atoms with E-state index in [0.29, 0.717) is 43.1 Å². The fraction of sp³-hybridized carbons (Fsp3) is 0.400. The molecule has 32 heavy (non-hydrogen) atoms. The predicted octanol–water partition coefficient (Wildman–Crippen LogP) is 4.14. The molecule has 2 heterocycles. The van der Waals surface area contributed by atoms with E-state index in [9.17, 15) is 13.2 Å². The number of benzene rings is 2. The molecule has 1 aliphatic heterocycles. The number of piperazine rings is 1. The van der Waals surface area contributed by atoms with Gasteiger partial charge in [0.05, 0.1) is 4.90 Å². The molecule has 1 aliphatic carbocycles.